The molecular formula is C24H34O6. The Labute approximate surface area is 179 Å². The minimum atomic E-state index is -0.295. The van der Waals surface area contributed by atoms with E-state index < -0.39 is 0 Å². The van der Waals surface area contributed by atoms with Crippen LogP contribution in [0, 0.1) is 22.7 Å². The molecule has 0 saturated heterocycles. The van der Waals surface area contributed by atoms with Gasteiger partial charge in [0, 0.05) is 24.8 Å². The fourth-order valence-electron chi connectivity index (χ4n) is 6.37. The van der Waals surface area contributed by atoms with E-state index in [1.165, 1.54) is 19.4 Å². The second-order valence-corrected chi connectivity index (χ2v) is 9.75. The number of carbonyl (C=O) groups is 3. The first-order valence-corrected chi connectivity index (χ1v) is 10.9. The quantitative estimate of drug-likeness (QED) is 0.367. The zero-order chi connectivity index (χ0) is 22.1. The van der Waals surface area contributed by atoms with Crippen LogP contribution in [0.2, 0.25) is 0 Å². The van der Waals surface area contributed by atoms with E-state index in [1.807, 2.05) is 6.08 Å². The van der Waals surface area contributed by atoms with Crippen molar-refractivity contribution < 1.29 is 28.6 Å². The average molecular weight is 419 g/mol. The van der Waals surface area contributed by atoms with Crippen LogP contribution in [0.1, 0.15) is 66.2 Å². The average Bonchev–Trinajstić information content (AvgIpc) is 3.03. The first-order chi connectivity index (χ1) is 14.0. The van der Waals surface area contributed by atoms with Crippen LogP contribution in [0.4, 0.5) is 0 Å². The van der Waals surface area contributed by atoms with Gasteiger partial charge in [-0.1, -0.05) is 26.0 Å². The molecule has 3 aliphatic rings. The predicted octanol–water partition coefficient (Wildman–Crippen LogP) is 4.13. The number of allylic oxidation sites excluding steroid dienone is 1. The minimum absolute atomic E-state index is 0.161. The molecule has 0 bridgehead atoms. The molecule has 2 fully saturated rings. The molecule has 0 aromatic carbocycles. The second-order valence-electron chi connectivity index (χ2n) is 9.75. The van der Waals surface area contributed by atoms with Crippen LogP contribution in [0.5, 0.6) is 0 Å². The monoisotopic (exact) mass is 418 g/mol. The van der Waals surface area contributed by atoms with E-state index in [2.05, 4.69) is 20.4 Å². The molecule has 6 heteroatoms. The Balaban J connectivity index is 1.88. The maximum atomic E-state index is 11.9. The van der Waals surface area contributed by atoms with E-state index in [9.17, 15) is 14.4 Å². The van der Waals surface area contributed by atoms with Crippen molar-refractivity contribution in [1.29, 1.82) is 0 Å². The zero-order valence-electron chi connectivity index (χ0n) is 18.6. The summed E-state index contributed by atoms with van der Waals surface area (Å²) in [6, 6.07) is 0. The van der Waals surface area contributed by atoms with Crippen LogP contribution < -0.4 is 0 Å². The van der Waals surface area contributed by atoms with E-state index in [4.69, 9.17) is 14.2 Å². The lowest BCUT2D eigenvalue weighted by Gasteiger charge is -2.60. The minimum Gasteiger partial charge on any atom is -0.465 e. The molecule has 0 N–H and O–H groups in total. The Morgan fingerprint density at radius 3 is 2.57 bits per heavy atom. The van der Waals surface area contributed by atoms with Gasteiger partial charge in [-0.05, 0) is 61.9 Å². The molecule has 0 spiro atoms. The van der Waals surface area contributed by atoms with Crippen molar-refractivity contribution in [1.82, 2.24) is 0 Å². The van der Waals surface area contributed by atoms with Crippen molar-refractivity contribution in [2.24, 2.45) is 22.7 Å². The zero-order valence-corrected chi connectivity index (χ0v) is 18.6. The Morgan fingerprint density at radius 2 is 1.97 bits per heavy atom. The van der Waals surface area contributed by atoms with E-state index in [1.54, 1.807) is 0 Å². The van der Waals surface area contributed by atoms with Crippen molar-refractivity contribution in [2.45, 2.75) is 72.3 Å². The van der Waals surface area contributed by atoms with Gasteiger partial charge in [-0.15, -0.1) is 0 Å². The largest absolute Gasteiger partial charge is 0.465 e. The van der Waals surface area contributed by atoms with Crippen LogP contribution in [-0.4, -0.2) is 37.2 Å². The molecule has 2 saturated carbocycles. The van der Waals surface area contributed by atoms with E-state index in [-0.39, 0.29) is 40.8 Å². The van der Waals surface area contributed by atoms with Gasteiger partial charge in [0.1, 0.15) is 12.7 Å². The van der Waals surface area contributed by atoms with Crippen LogP contribution in [0.25, 0.3) is 0 Å². The summed E-state index contributed by atoms with van der Waals surface area (Å²) in [5, 5.41) is 0. The number of ether oxygens (including phenoxy) is 3. The van der Waals surface area contributed by atoms with Gasteiger partial charge in [-0.3, -0.25) is 9.59 Å². The van der Waals surface area contributed by atoms with Gasteiger partial charge in [0.05, 0.1) is 6.61 Å². The first-order valence-electron chi connectivity index (χ1n) is 10.9. The molecule has 0 aromatic rings. The maximum absolute atomic E-state index is 11.9. The summed E-state index contributed by atoms with van der Waals surface area (Å²) in [6.45, 7) is 12.3. The van der Waals surface area contributed by atoms with Crippen molar-refractivity contribution in [3.63, 3.8) is 0 Å². The van der Waals surface area contributed by atoms with Crippen LogP contribution in [-0.2, 0) is 28.6 Å². The normalized spacial score (nSPS) is 35.9. The van der Waals surface area contributed by atoms with E-state index in [0.717, 1.165) is 31.3 Å². The Bertz CT molecular complexity index is 768. The highest BCUT2D eigenvalue weighted by Gasteiger charge is 2.57. The Kier molecular flexibility index (Phi) is 6.44. The SMILES string of the molecule is C=C1CC[C@@H]2[C@](C)(COC(C)=O)C[C@@H](OC(C)=O)C[C@@]2(C)[C@@H]1CCC1=CCOC1=O. The van der Waals surface area contributed by atoms with Gasteiger partial charge in [-0.25, -0.2) is 4.79 Å². The molecule has 166 valence electrons. The molecule has 0 amide bonds. The number of esters is 3. The maximum Gasteiger partial charge on any atom is 0.334 e. The van der Waals surface area contributed by atoms with Gasteiger partial charge >= 0.3 is 17.9 Å². The lowest BCUT2D eigenvalue weighted by atomic mass is 9.46. The summed E-state index contributed by atoms with van der Waals surface area (Å²) >= 11 is 0. The summed E-state index contributed by atoms with van der Waals surface area (Å²) in [6.07, 6.45) is 6.42. The Morgan fingerprint density at radius 1 is 1.23 bits per heavy atom. The lowest BCUT2D eigenvalue weighted by Crippen LogP contribution is -2.56. The summed E-state index contributed by atoms with van der Waals surface area (Å²) in [4.78, 5) is 35.2. The van der Waals surface area contributed by atoms with E-state index in [0.29, 0.717) is 32.0 Å². The molecule has 1 heterocycles. The van der Waals surface area contributed by atoms with Crippen LogP contribution >= 0.6 is 0 Å². The standard InChI is InChI=1S/C24H34O6/c1-15-6-9-21-23(4,14-29-16(2)25)12-19(30-17(3)26)13-24(21,5)20(15)8-7-18-10-11-28-22(18)27/h10,19-21H,1,6-9,11-14H2,2-5H3/t19-,20-,21-,23+,24+/m1/s1. The third-order valence-electron chi connectivity index (χ3n) is 7.49. The van der Waals surface area contributed by atoms with E-state index >= 15 is 0 Å². The van der Waals surface area contributed by atoms with Crippen LogP contribution in [0.15, 0.2) is 23.8 Å². The van der Waals surface area contributed by atoms with Gasteiger partial charge in [0.2, 0.25) is 0 Å². The summed E-state index contributed by atoms with van der Waals surface area (Å²) in [5.74, 6) is -0.311. The van der Waals surface area contributed by atoms with Gasteiger partial charge in [0.25, 0.3) is 0 Å². The number of cyclic esters (lactones) is 1. The van der Waals surface area contributed by atoms with Crippen LogP contribution in [0.3, 0.4) is 0 Å². The fourth-order valence-corrected chi connectivity index (χ4v) is 6.37. The lowest BCUT2D eigenvalue weighted by molar-refractivity contribution is -0.176. The van der Waals surface area contributed by atoms with Gasteiger partial charge < -0.3 is 14.2 Å². The fraction of sp³-hybridized carbons (Fsp3) is 0.708. The molecule has 2 aliphatic carbocycles. The summed E-state index contributed by atoms with van der Waals surface area (Å²) in [7, 11) is 0. The molecule has 3 rings (SSSR count). The second kappa shape index (κ2) is 8.56. The highest BCUT2D eigenvalue weighted by atomic mass is 16.5. The molecular weight excluding hydrogens is 384 g/mol. The van der Waals surface area contributed by atoms with Crippen molar-refractivity contribution >= 4 is 17.9 Å². The smallest absolute Gasteiger partial charge is 0.334 e. The number of hydrogen-bond donors (Lipinski definition) is 0. The first kappa shape index (κ1) is 22.6. The summed E-state index contributed by atoms with van der Waals surface area (Å²) in [5.41, 5.74) is 1.48. The van der Waals surface area contributed by atoms with Crippen molar-refractivity contribution in [2.75, 3.05) is 13.2 Å². The molecule has 0 radical (unpaired) electrons. The van der Waals surface area contributed by atoms with Crippen molar-refractivity contribution in [3.05, 3.63) is 23.8 Å². The topological polar surface area (TPSA) is 78.9 Å². The predicted molar refractivity (Wildman–Crippen MR) is 111 cm³/mol. The number of fused-ring (bicyclic) bond motifs is 1. The highest BCUT2D eigenvalue weighted by molar-refractivity contribution is 5.90. The number of carbonyl (C=O) groups excluding carboxylic acids is 3. The highest BCUT2D eigenvalue weighted by Crippen LogP contribution is 2.62. The van der Waals surface area contributed by atoms with Gasteiger partial charge in [-0.2, -0.15) is 0 Å². The van der Waals surface area contributed by atoms with Crippen molar-refractivity contribution in [3.8, 4) is 0 Å². The molecule has 30 heavy (non-hydrogen) atoms. The number of hydrogen-bond acceptors (Lipinski definition) is 6. The molecule has 0 aromatic heterocycles. The van der Waals surface area contributed by atoms with Gasteiger partial charge in [0.15, 0.2) is 0 Å². The molecule has 6 nitrogen and oxygen atoms in total. The molecule has 0 unspecified atom stereocenters. The summed E-state index contributed by atoms with van der Waals surface area (Å²) < 4.78 is 16.2. The third-order valence-corrected chi connectivity index (χ3v) is 7.49. The molecule has 1 aliphatic heterocycles. The number of rotatable bonds is 6. The Hall–Kier alpha value is -2.11. The third kappa shape index (κ3) is 4.47. The molecule has 5 atom stereocenters.